The number of hydrogen-bond acceptors (Lipinski definition) is 2. The monoisotopic (exact) mass is 401 g/mol. The molecule has 2 amide bonds. The second-order valence-corrected chi connectivity index (χ2v) is 7.72. The van der Waals surface area contributed by atoms with Gasteiger partial charge in [0.05, 0.1) is 0 Å². The summed E-state index contributed by atoms with van der Waals surface area (Å²) in [5, 5.41) is 0. The van der Waals surface area contributed by atoms with Crippen LogP contribution in [0.1, 0.15) is 29.9 Å². The lowest BCUT2D eigenvalue weighted by Gasteiger charge is -2.33. The molecule has 0 aromatic heterocycles. The zero-order valence-corrected chi connectivity index (χ0v) is 18.0. The average Bonchev–Trinajstić information content (AvgIpc) is 2.67. The molecule has 0 saturated heterocycles. The normalized spacial score (nSPS) is 16.6. The third kappa shape index (κ3) is 5.49. The van der Waals surface area contributed by atoms with Crippen LogP contribution >= 0.6 is 12.4 Å². The van der Waals surface area contributed by atoms with E-state index in [-0.39, 0.29) is 18.4 Å². The van der Waals surface area contributed by atoms with Gasteiger partial charge in [-0.25, -0.2) is 4.79 Å². The Bertz CT molecular complexity index is 751. The summed E-state index contributed by atoms with van der Waals surface area (Å²) in [6.07, 6.45) is 3.12. The van der Waals surface area contributed by atoms with Gasteiger partial charge in [-0.1, -0.05) is 48.5 Å². The van der Waals surface area contributed by atoms with E-state index >= 15 is 0 Å². The number of urea groups is 1. The fourth-order valence-corrected chi connectivity index (χ4v) is 3.77. The SMILES string of the molecule is CN(C)CCN(C)C(=O)N1CCC(c2ccccc2)CCc2ccccc21.Cl. The molecule has 2 aromatic rings. The first-order valence-corrected chi connectivity index (χ1v) is 9.86. The van der Waals surface area contributed by atoms with Crippen LogP contribution in [0.15, 0.2) is 54.6 Å². The summed E-state index contributed by atoms with van der Waals surface area (Å²) in [5.41, 5.74) is 3.73. The number of anilines is 1. The number of fused-ring (bicyclic) bond motifs is 1. The minimum absolute atomic E-state index is 0. The molecule has 5 heteroatoms. The molecule has 0 fully saturated rings. The van der Waals surface area contributed by atoms with Gasteiger partial charge in [0.1, 0.15) is 0 Å². The van der Waals surface area contributed by atoms with Gasteiger partial charge >= 0.3 is 6.03 Å². The van der Waals surface area contributed by atoms with E-state index in [0.717, 1.165) is 44.6 Å². The van der Waals surface area contributed by atoms with Gasteiger partial charge < -0.3 is 9.80 Å². The van der Waals surface area contributed by atoms with Crippen LogP contribution in [0, 0.1) is 0 Å². The zero-order valence-electron chi connectivity index (χ0n) is 17.2. The second kappa shape index (κ2) is 10.5. The molecule has 2 aromatic carbocycles. The van der Waals surface area contributed by atoms with Crippen LogP contribution < -0.4 is 4.90 Å². The first-order chi connectivity index (χ1) is 13.1. The van der Waals surface area contributed by atoms with Crippen molar-refractivity contribution < 1.29 is 4.79 Å². The van der Waals surface area contributed by atoms with E-state index in [1.54, 1.807) is 0 Å². The molecule has 1 heterocycles. The van der Waals surface area contributed by atoms with Crippen molar-refractivity contribution in [3.63, 3.8) is 0 Å². The van der Waals surface area contributed by atoms with Crippen LogP contribution in [-0.4, -0.2) is 56.6 Å². The number of nitrogens with zero attached hydrogens (tertiary/aromatic N) is 3. The lowest BCUT2D eigenvalue weighted by atomic mass is 9.87. The van der Waals surface area contributed by atoms with E-state index in [1.807, 2.05) is 37.0 Å². The van der Waals surface area contributed by atoms with Crippen molar-refractivity contribution in [2.45, 2.75) is 25.2 Å². The molecule has 0 saturated carbocycles. The summed E-state index contributed by atoms with van der Waals surface area (Å²) in [6.45, 7) is 2.35. The van der Waals surface area contributed by atoms with Crippen LogP contribution in [0.5, 0.6) is 0 Å². The first kappa shape index (κ1) is 22.3. The number of benzene rings is 2. The van der Waals surface area contributed by atoms with Crippen molar-refractivity contribution in [3.8, 4) is 0 Å². The fraction of sp³-hybridized carbons (Fsp3) is 0.435. The smallest absolute Gasteiger partial charge is 0.324 e. The van der Waals surface area contributed by atoms with E-state index in [2.05, 4.69) is 53.4 Å². The number of rotatable bonds is 4. The molecule has 0 N–H and O–H groups in total. The summed E-state index contributed by atoms with van der Waals surface area (Å²) < 4.78 is 0. The Morgan fingerprint density at radius 3 is 2.36 bits per heavy atom. The standard InChI is InChI=1S/C23H31N3O.ClH/c1-24(2)17-18-25(3)23(27)26-16-15-20(19-9-5-4-6-10-19)13-14-21-11-7-8-12-22(21)26;/h4-12,20H,13-18H2,1-3H3;1H. The average molecular weight is 402 g/mol. The molecule has 0 spiro atoms. The highest BCUT2D eigenvalue weighted by atomic mass is 35.5. The minimum Gasteiger partial charge on any atom is -0.326 e. The summed E-state index contributed by atoms with van der Waals surface area (Å²) in [6, 6.07) is 19.2. The fourth-order valence-electron chi connectivity index (χ4n) is 3.77. The maximum atomic E-state index is 13.2. The molecule has 152 valence electrons. The Hall–Kier alpha value is -2.04. The van der Waals surface area contributed by atoms with Gasteiger partial charge in [-0.05, 0) is 56.5 Å². The number of likely N-dealkylation sites (N-methyl/N-ethyl adjacent to an activating group) is 2. The molecule has 1 atom stereocenters. The predicted molar refractivity (Wildman–Crippen MR) is 120 cm³/mol. The summed E-state index contributed by atoms with van der Waals surface area (Å²) >= 11 is 0. The number of amides is 2. The van der Waals surface area contributed by atoms with Crippen LogP contribution in [0.4, 0.5) is 10.5 Å². The maximum absolute atomic E-state index is 13.2. The molecule has 28 heavy (non-hydrogen) atoms. The number of hydrogen-bond donors (Lipinski definition) is 0. The van der Waals surface area contributed by atoms with E-state index in [4.69, 9.17) is 0 Å². The van der Waals surface area contributed by atoms with E-state index < -0.39 is 0 Å². The highest BCUT2D eigenvalue weighted by Gasteiger charge is 2.26. The maximum Gasteiger partial charge on any atom is 0.324 e. The number of carbonyl (C=O) groups excluding carboxylic acids is 1. The molecular weight excluding hydrogens is 370 g/mol. The topological polar surface area (TPSA) is 26.8 Å². The quantitative estimate of drug-likeness (QED) is 0.745. The van der Waals surface area contributed by atoms with E-state index in [9.17, 15) is 4.79 Å². The Morgan fingerprint density at radius 1 is 0.964 bits per heavy atom. The van der Waals surface area contributed by atoms with Gasteiger partial charge in [-0.2, -0.15) is 0 Å². The first-order valence-electron chi connectivity index (χ1n) is 9.86. The molecule has 1 aliphatic rings. The highest BCUT2D eigenvalue weighted by molar-refractivity contribution is 5.92. The number of carbonyl (C=O) groups is 1. The Morgan fingerprint density at radius 2 is 1.64 bits per heavy atom. The largest absolute Gasteiger partial charge is 0.326 e. The zero-order chi connectivity index (χ0) is 19.2. The Kier molecular flexibility index (Phi) is 8.34. The molecule has 0 bridgehead atoms. The van der Waals surface area contributed by atoms with Crippen molar-refractivity contribution in [3.05, 3.63) is 65.7 Å². The van der Waals surface area contributed by atoms with Gasteiger partial charge in [0.25, 0.3) is 0 Å². The Balaban J connectivity index is 0.00000280. The predicted octanol–water partition coefficient (Wildman–Crippen LogP) is 4.65. The van der Waals surface area contributed by atoms with Gasteiger partial charge in [0, 0.05) is 32.4 Å². The van der Waals surface area contributed by atoms with Crippen molar-refractivity contribution in [2.75, 3.05) is 45.7 Å². The van der Waals surface area contributed by atoms with Crippen LogP contribution in [0.2, 0.25) is 0 Å². The van der Waals surface area contributed by atoms with E-state index in [1.165, 1.54) is 11.1 Å². The van der Waals surface area contributed by atoms with Crippen LogP contribution in [-0.2, 0) is 6.42 Å². The second-order valence-electron chi connectivity index (χ2n) is 7.72. The minimum atomic E-state index is 0. The van der Waals surface area contributed by atoms with Gasteiger partial charge in [-0.15, -0.1) is 12.4 Å². The summed E-state index contributed by atoms with van der Waals surface area (Å²) in [7, 11) is 5.98. The molecule has 1 aliphatic heterocycles. The lowest BCUT2D eigenvalue weighted by Crippen LogP contribution is -2.45. The lowest BCUT2D eigenvalue weighted by molar-refractivity contribution is 0.209. The number of halogens is 1. The number of aryl methyl sites for hydroxylation is 1. The molecule has 4 nitrogen and oxygen atoms in total. The highest BCUT2D eigenvalue weighted by Crippen LogP contribution is 2.33. The van der Waals surface area contributed by atoms with Crippen molar-refractivity contribution in [2.24, 2.45) is 0 Å². The Labute approximate surface area is 175 Å². The molecule has 1 unspecified atom stereocenters. The van der Waals surface area contributed by atoms with Gasteiger partial charge in [0.2, 0.25) is 0 Å². The van der Waals surface area contributed by atoms with Crippen LogP contribution in [0.25, 0.3) is 0 Å². The van der Waals surface area contributed by atoms with Gasteiger partial charge in [-0.3, -0.25) is 4.90 Å². The number of para-hydroxylation sites is 1. The molecular formula is C23H32ClN3O. The summed E-state index contributed by atoms with van der Waals surface area (Å²) in [4.78, 5) is 19.2. The van der Waals surface area contributed by atoms with Crippen LogP contribution in [0.3, 0.4) is 0 Å². The molecule has 0 aliphatic carbocycles. The third-order valence-corrected chi connectivity index (χ3v) is 5.46. The van der Waals surface area contributed by atoms with Crippen molar-refractivity contribution in [1.29, 1.82) is 0 Å². The van der Waals surface area contributed by atoms with Crippen molar-refractivity contribution in [1.82, 2.24) is 9.80 Å². The van der Waals surface area contributed by atoms with Gasteiger partial charge in [0.15, 0.2) is 0 Å². The summed E-state index contributed by atoms with van der Waals surface area (Å²) in [5.74, 6) is 0.488. The van der Waals surface area contributed by atoms with E-state index in [0.29, 0.717) is 5.92 Å². The molecule has 3 rings (SSSR count). The van der Waals surface area contributed by atoms with Crippen molar-refractivity contribution >= 4 is 24.1 Å². The molecule has 0 radical (unpaired) electrons. The third-order valence-electron chi connectivity index (χ3n) is 5.46.